The predicted octanol–water partition coefficient (Wildman–Crippen LogP) is 6.04. The highest BCUT2D eigenvalue weighted by molar-refractivity contribution is 7.48. The average Bonchev–Trinajstić information content (AvgIpc) is 3.04. The number of fused-ring (bicyclic) bond motifs is 6. The third kappa shape index (κ3) is 6.38. The maximum absolute atomic E-state index is 12.9. The van der Waals surface area contributed by atoms with Gasteiger partial charge in [0.05, 0.1) is 62.5 Å². The Hall–Kier alpha value is -0.390. The Balaban J connectivity index is 0.000000114. The normalized spacial score (nSPS) is 52.3. The first-order chi connectivity index (χ1) is 22.3. The van der Waals surface area contributed by atoms with Crippen LogP contribution in [0.15, 0.2) is 0 Å². The molecule has 15 heteroatoms. The molecule has 47 heavy (non-hydrogen) atoms. The van der Waals surface area contributed by atoms with Gasteiger partial charge in [-0.15, -0.1) is 0 Å². The van der Waals surface area contributed by atoms with Gasteiger partial charge in [-0.1, -0.05) is 0 Å². The van der Waals surface area contributed by atoms with E-state index in [-0.39, 0.29) is 74.9 Å². The Morgan fingerprint density at radius 2 is 0.915 bits per heavy atom. The summed E-state index contributed by atoms with van der Waals surface area (Å²) < 4.78 is 58.6. The zero-order valence-corrected chi connectivity index (χ0v) is 29.4. The Labute approximate surface area is 280 Å². The van der Waals surface area contributed by atoms with Crippen LogP contribution in [0.4, 0.5) is 0 Å². The van der Waals surface area contributed by atoms with Gasteiger partial charge in [0, 0.05) is 5.41 Å². The topological polar surface area (TPSA) is 153 Å². The number of halogens is 1. The number of phosphoric acid groups is 2. The molecule has 0 radical (unpaired) electrons. The molecule has 0 aromatic rings. The summed E-state index contributed by atoms with van der Waals surface area (Å²) in [6.45, 7) is 1.79. The van der Waals surface area contributed by atoms with E-state index in [1.807, 2.05) is 0 Å². The van der Waals surface area contributed by atoms with Gasteiger partial charge in [0.15, 0.2) is 0 Å². The van der Waals surface area contributed by atoms with Crippen LogP contribution in [0.25, 0.3) is 0 Å². The number of rotatable bonds is 5. The number of hydrogen-bond acceptors (Lipinski definition) is 12. The first kappa shape index (κ1) is 33.7. The minimum Gasteiger partial charge on any atom is -0.464 e. The largest absolute Gasteiger partial charge is 0.474 e. The molecule has 8 saturated carbocycles. The highest BCUT2D eigenvalue weighted by Gasteiger charge is 2.58. The van der Waals surface area contributed by atoms with Crippen LogP contribution in [0.1, 0.15) is 77.0 Å². The van der Waals surface area contributed by atoms with Gasteiger partial charge in [0.2, 0.25) is 5.24 Å². The average molecular weight is 721 g/mol. The summed E-state index contributed by atoms with van der Waals surface area (Å²) in [5.41, 5.74) is -1.29. The lowest BCUT2D eigenvalue weighted by molar-refractivity contribution is -0.183. The van der Waals surface area contributed by atoms with Crippen LogP contribution in [0, 0.1) is 57.2 Å². The number of aliphatic hydroxyl groups is 1. The van der Waals surface area contributed by atoms with E-state index >= 15 is 0 Å². The molecule has 0 atom stereocenters. The van der Waals surface area contributed by atoms with Gasteiger partial charge in [-0.2, -0.15) is 0 Å². The number of hydrogen-bond donors (Lipinski definition) is 1. The van der Waals surface area contributed by atoms with Crippen molar-refractivity contribution in [2.45, 2.75) is 77.0 Å². The molecule has 0 aromatic heterocycles. The third-order valence-corrected chi connectivity index (χ3v) is 16.0. The molecule has 1 N–H and O–H groups in total. The number of ether oxygens (including phenoxy) is 1. The van der Waals surface area contributed by atoms with Crippen LogP contribution >= 0.6 is 27.2 Å². The van der Waals surface area contributed by atoms with Crippen LogP contribution in [0.2, 0.25) is 0 Å². The van der Waals surface area contributed by atoms with Crippen molar-refractivity contribution in [3.05, 3.63) is 0 Å². The van der Waals surface area contributed by atoms with Crippen LogP contribution in [-0.4, -0.2) is 69.2 Å². The van der Waals surface area contributed by atoms with E-state index in [2.05, 4.69) is 0 Å². The number of carbonyl (C=O) groups is 2. The van der Waals surface area contributed by atoms with Gasteiger partial charge in [-0.25, -0.2) is 9.13 Å². The van der Waals surface area contributed by atoms with E-state index in [1.165, 1.54) is 38.5 Å². The SMILES string of the molecule is O=C(Cl)C12CC3CC(CC(C3)C1)C2.O=C(OCC12COP(=O)(OC1)OC2)C12CC3CC(CC(C3)C1)C2.O=P12OCC(CO)(CO1)CO2. The first-order valence-corrected chi connectivity index (χ1v) is 20.7. The molecule has 14 rings (SSSR count). The minimum atomic E-state index is -3.31. The standard InChI is InChI=1S/C16H23O6P.C11H15ClO.C5H9O5P/c17-14(16-4-11-1-12(5-16)3-13(2-11)6-16)19-7-15-8-20-23(18,21-9-15)22-10-15;12-10(13)11-4-7-1-8(5-11)3-9(2-7)6-11;6-1-5-2-8-11(7,9-3-5)10-4-5/h11-13H,1-10H2;7-9H,1-6H2;6H,1-4H2. The number of phosphoric ester groups is 2. The molecule has 6 heterocycles. The van der Waals surface area contributed by atoms with Gasteiger partial charge in [-0.05, 0) is 124 Å². The molecular weight excluding hydrogens is 674 g/mol. The van der Waals surface area contributed by atoms with Crippen molar-refractivity contribution < 1.29 is 55.7 Å². The van der Waals surface area contributed by atoms with Gasteiger partial charge in [0.25, 0.3) is 0 Å². The molecule has 0 aromatic carbocycles. The molecule has 8 aliphatic carbocycles. The summed E-state index contributed by atoms with van der Waals surface area (Å²) in [7, 11) is -6.50. The fraction of sp³-hybridized carbons (Fsp3) is 0.938. The molecule has 0 amide bonds. The van der Waals surface area contributed by atoms with Gasteiger partial charge in [0.1, 0.15) is 6.61 Å². The summed E-state index contributed by atoms with van der Waals surface area (Å²) in [4.78, 5) is 24.3. The van der Waals surface area contributed by atoms with E-state index in [0.717, 1.165) is 74.0 Å². The quantitative estimate of drug-likeness (QED) is 0.200. The van der Waals surface area contributed by atoms with Crippen molar-refractivity contribution in [1.82, 2.24) is 0 Å². The van der Waals surface area contributed by atoms with Crippen LogP contribution in [-0.2, 0) is 50.6 Å². The smallest absolute Gasteiger partial charge is 0.464 e. The summed E-state index contributed by atoms with van der Waals surface area (Å²) in [5.74, 6) is 4.61. The van der Waals surface area contributed by atoms with Crippen molar-refractivity contribution >= 4 is 38.5 Å². The van der Waals surface area contributed by atoms with Crippen LogP contribution in [0.3, 0.4) is 0 Å². The molecule has 0 spiro atoms. The van der Waals surface area contributed by atoms with Crippen LogP contribution in [0.5, 0.6) is 0 Å². The Morgan fingerprint density at radius 3 is 1.23 bits per heavy atom. The second-order valence-electron chi connectivity index (χ2n) is 16.9. The third-order valence-electron chi connectivity index (χ3n) is 12.9. The fourth-order valence-corrected chi connectivity index (χ4v) is 14.4. The molecule has 6 aliphatic heterocycles. The Kier molecular flexibility index (Phi) is 8.69. The van der Waals surface area contributed by atoms with Crippen molar-refractivity contribution in [3.63, 3.8) is 0 Å². The van der Waals surface area contributed by atoms with E-state index in [0.29, 0.717) is 0 Å². The van der Waals surface area contributed by atoms with Gasteiger partial charge >= 0.3 is 21.6 Å². The fourth-order valence-electron chi connectivity index (χ4n) is 11.1. The van der Waals surface area contributed by atoms with Crippen molar-refractivity contribution in [2.24, 2.45) is 57.2 Å². The van der Waals surface area contributed by atoms with E-state index < -0.39 is 26.5 Å². The Bertz CT molecular complexity index is 1240. The summed E-state index contributed by atoms with van der Waals surface area (Å²) in [6.07, 6.45) is 14.4. The highest BCUT2D eigenvalue weighted by atomic mass is 35.5. The lowest BCUT2D eigenvalue weighted by atomic mass is 9.49. The molecular formula is C32H47ClO12P2. The molecule has 264 valence electrons. The molecule has 12 nitrogen and oxygen atoms in total. The molecule has 14 fully saturated rings. The zero-order chi connectivity index (χ0) is 32.7. The van der Waals surface area contributed by atoms with E-state index in [1.54, 1.807) is 0 Å². The number of esters is 1. The maximum atomic E-state index is 12.9. The lowest BCUT2D eigenvalue weighted by Crippen LogP contribution is -2.52. The summed E-state index contributed by atoms with van der Waals surface area (Å²) in [6, 6.07) is 0. The molecule has 14 aliphatic rings. The van der Waals surface area contributed by atoms with Crippen molar-refractivity contribution in [1.29, 1.82) is 0 Å². The molecule has 6 saturated heterocycles. The van der Waals surface area contributed by atoms with Crippen LogP contribution < -0.4 is 0 Å². The molecule has 0 unspecified atom stereocenters. The highest BCUT2D eigenvalue weighted by Crippen LogP contribution is 2.63. The maximum Gasteiger partial charge on any atom is 0.474 e. The zero-order valence-electron chi connectivity index (χ0n) is 26.8. The van der Waals surface area contributed by atoms with E-state index in [9.17, 15) is 18.7 Å². The van der Waals surface area contributed by atoms with Crippen molar-refractivity contribution in [2.75, 3.05) is 52.9 Å². The summed E-state index contributed by atoms with van der Waals surface area (Å²) >= 11 is 5.76. The Morgan fingerprint density at radius 1 is 0.596 bits per heavy atom. The second-order valence-corrected chi connectivity index (χ2v) is 20.6. The number of aliphatic hydroxyl groups excluding tert-OH is 1. The second kappa shape index (κ2) is 12.1. The number of carbonyl (C=O) groups excluding carboxylic acids is 2. The minimum absolute atomic E-state index is 0.0356. The predicted molar refractivity (Wildman–Crippen MR) is 166 cm³/mol. The van der Waals surface area contributed by atoms with E-state index in [4.69, 9.17) is 48.6 Å². The monoisotopic (exact) mass is 720 g/mol. The van der Waals surface area contributed by atoms with Gasteiger partial charge < -0.3 is 9.84 Å². The first-order valence-electron chi connectivity index (χ1n) is 17.4. The van der Waals surface area contributed by atoms with Gasteiger partial charge in [-0.3, -0.25) is 36.7 Å². The lowest BCUT2D eigenvalue weighted by Gasteiger charge is -2.55. The molecule has 12 bridgehead atoms. The van der Waals surface area contributed by atoms with Crippen molar-refractivity contribution in [3.8, 4) is 0 Å². The summed E-state index contributed by atoms with van der Waals surface area (Å²) in [5, 5.41) is 8.88.